The molecule has 2 aliphatic rings. The molecule has 2 aliphatic carbocycles. The fraction of sp³-hybridized carbons (Fsp3) is 0.706. The van der Waals surface area contributed by atoms with Crippen LogP contribution in [0.25, 0.3) is 0 Å². The number of rotatable bonds is 3. The number of nitrogens with zero attached hydrogens (tertiary/aromatic N) is 2. The predicted octanol–water partition coefficient (Wildman–Crippen LogP) is 2.85. The maximum atomic E-state index is 12.2. The Kier molecular flexibility index (Phi) is 3.78. The molecule has 1 aromatic rings. The fourth-order valence-corrected chi connectivity index (χ4v) is 5.01. The van der Waals surface area contributed by atoms with E-state index in [-0.39, 0.29) is 28.2 Å². The van der Waals surface area contributed by atoms with Crippen molar-refractivity contribution in [2.45, 2.75) is 60.4 Å². The second-order valence-electron chi connectivity index (χ2n) is 7.68. The quantitative estimate of drug-likeness (QED) is 0.863. The summed E-state index contributed by atoms with van der Waals surface area (Å²) in [6.45, 7) is 10.7. The number of amides is 1. The molecular formula is C17H25N3O2S. The summed E-state index contributed by atoms with van der Waals surface area (Å²) < 4.78 is 1.52. The SMILES string of the molecule is Cc1sc(=O)n(CC(=O)N/N=C2/CC3CCC2(C)C3(C)C)c1C. The predicted molar refractivity (Wildman–Crippen MR) is 92.9 cm³/mol. The molecule has 2 unspecified atom stereocenters. The first kappa shape index (κ1) is 16.4. The Balaban J connectivity index is 1.72. The van der Waals surface area contributed by atoms with Gasteiger partial charge < -0.3 is 0 Å². The third-order valence-corrected chi connectivity index (χ3v) is 7.50. The van der Waals surface area contributed by atoms with Crippen molar-refractivity contribution in [1.29, 1.82) is 0 Å². The van der Waals surface area contributed by atoms with Gasteiger partial charge in [0.15, 0.2) is 0 Å². The average molecular weight is 335 g/mol. The highest BCUT2D eigenvalue weighted by Crippen LogP contribution is 2.63. The van der Waals surface area contributed by atoms with Crippen LogP contribution in [0.5, 0.6) is 0 Å². The molecule has 0 radical (unpaired) electrons. The zero-order valence-electron chi connectivity index (χ0n) is 14.5. The highest BCUT2D eigenvalue weighted by molar-refractivity contribution is 7.09. The van der Waals surface area contributed by atoms with Crippen LogP contribution in [0.2, 0.25) is 0 Å². The highest BCUT2D eigenvalue weighted by Gasteiger charge is 2.59. The van der Waals surface area contributed by atoms with Gasteiger partial charge in [-0.3, -0.25) is 14.2 Å². The summed E-state index contributed by atoms with van der Waals surface area (Å²) >= 11 is 1.18. The van der Waals surface area contributed by atoms with Gasteiger partial charge in [0.1, 0.15) is 6.54 Å². The number of fused-ring (bicyclic) bond motifs is 2. The minimum Gasteiger partial charge on any atom is -0.294 e. The van der Waals surface area contributed by atoms with Gasteiger partial charge in [0.05, 0.1) is 0 Å². The monoisotopic (exact) mass is 335 g/mol. The normalized spacial score (nSPS) is 30.1. The van der Waals surface area contributed by atoms with Gasteiger partial charge in [0.25, 0.3) is 5.91 Å². The minimum atomic E-state index is -0.232. The maximum Gasteiger partial charge on any atom is 0.308 e. The highest BCUT2D eigenvalue weighted by atomic mass is 32.1. The van der Waals surface area contributed by atoms with E-state index in [0.717, 1.165) is 29.1 Å². The first-order chi connectivity index (χ1) is 10.7. The number of aromatic nitrogens is 1. The molecule has 6 heteroatoms. The van der Waals surface area contributed by atoms with Crippen LogP contribution >= 0.6 is 11.3 Å². The second kappa shape index (κ2) is 5.30. The summed E-state index contributed by atoms with van der Waals surface area (Å²) in [6.07, 6.45) is 3.36. The molecule has 2 bridgehead atoms. The molecule has 126 valence electrons. The van der Waals surface area contributed by atoms with E-state index in [1.54, 1.807) is 0 Å². The lowest BCUT2D eigenvalue weighted by molar-refractivity contribution is -0.121. The number of hydrogen-bond acceptors (Lipinski definition) is 4. The van der Waals surface area contributed by atoms with Crippen molar-refractivity contribution in [2.24, 2.45) is 21.8 Å². The molecule has 1 amide bonds. The summed E-state index contributed by atoms with van der Waals surface area (Å²) in [7, 11) is 0. The van der Waals surface area contributed by atoms with Crippen molar-refractivity contribution >= 4 is 23.0 Å². The lowest BCUT2D eigenvalue weighted by Crippen LogP contribution is -2.35. The third-order valence-electron chi connectivity index (χ3n) is 6.50. The van der Waals surface area contributed by atoms with Crippen LogP contribution in [-0.2, 0) is 11.3 Å². The smallest absolute Gasteiger partial charge is 0.294 e. The number of carbonyl (C=O) groups excluding carboxylic acids is 1. The number of hydrogen-bond donors (Lipinski definition) is 1. The molecule has 2 saturated carbocycles. The summed E-state index contributed by atoms with van der Waals surface area (Å²) in [5, 5.41) is 4.44. The van der Waals surface area contributed by atoms with E-state index in [9.17, 15) is 9.59 Å². The van der Waals surface area contributed by atoms with E-state index in [1.807, 2.05) is 13.8 Å². The van der Waals surface area contributed by atoms with Crippen molar-refractivity contribution in [2.75, 3.05) is 0 Å². The number of thiazole rings is 1. The Bertz CT molecular complexity index is 744. The lowest BCUT2D eigenvalue weighted by Gasteiger charge is -2.34. The molecule has 0 aromatic carbocycles. The Morgan fingerprint density at radius 3 is 2.57 bits per heavy atom. The molecular weight excluding hydrogens is 310 g/mol. The summed E-state index contributed by atoms with van der Waals surface area (Å²) in [4.78, 5) is 24.9. The van der Waals surface area contributed by atoms with Gasteiger partial charge in [-0.05, 0) is 44.4 Å². The molecule has 1 aromatic heterocycles. The van der Waals surface area contributed by atoms with Gasteiger partial charge in [-0.2, -0.15) is 5.10 Å². The minimum absolute atomic E-state index is 0.0370. The summed E-state index contributed by atoms with van der Waals surface area (Å²) in [5.74, 6) is 0.428. The average Bonchev–Trinajstić information content (AvgIpc) is 2.93. The molecule has 1 heterocycles. The number of nitrogens with one attached hydrogen (secondary N) is 1. The fourth-order valence-electron chi connectivity index (χ4n) is 4.18. The molecule has 3 rings (SSSR count). The number of carbonyl (C=O) groups is 1. The molecule has 1 N–H and O–H groups in total. The van der Waals surface area contributed by atoms with Crippen molar-refractivity contribution in [1.82, 2.24) is 9.99 Å². The molecule has 2 fully saturated rings. The van der Waals surface area contributed by atoms with E-state index < -0.39 is 0 Å². The van der Waals surface area contributed by atoms with Gasteiger partial charge in [0.2, 0.25) is 0 Å². The van der Waals surface area contributed by atoms with E-state index in [4.69, 9.17) is 0 Å². The number of aryl methyl sites for hydroxylation is 1. The molecule has 0 saturated heterocycles. The van der Waals surface area contributed by atoms with Gasteiger partial charge in [0, 0.05) is 21.7 Å². The van der Waals surface area contributed by atoms with Crippen LogP contribution in [0.1, 0.15) is 50.6 Å². The van der Waals surface area contributed by atoms with Gasteiger partial charge in [-0.15, -0.1) is 0 Å². The van der Waals surface area contributed by atoms with E-state index in [0.29, 0.717) is 5.92 Å². The van der Waals surface area contributed by atoms with Crippen LogP contribution in [0.3, 0.4) is 0 Å². The van der Waals surface area contributed by atoms with Crippen LogP contribution in [0.15, 0.2) is 9.90 Å². The van der Waals surface area contributed by atoms with Crippen LogP contribution in [-0.4, -0.2) is 16.2 Å². The third kappa shape index (κ3) is 2.38. The Hall–Kier alpha value is -1.43. The summed E-state index contributed by atoms with van der Waals surface area (Å²) in [5.41, 5.74) is 4.97. The van der Waals surface area contributed by atoms with Crippen LogP contribution in [0, 0.1) is 30.6 Å². The van der Waals surface area contributed by atoms with Crippen molar-refractivity contribution in [3.05, 3.63) is 20.2 Å². The molecule has 2 atom stereocenters. The summed E-state index contributed by atoms with van der Waals surface area (Å²) in [6, 6.07) is 0. The van der Waals surface area contributed by atoms with Crippen molar-refractivity contribution in [3.8, 4) is 0 Å². The van der Waals surface area contributed by atoms with Crippen LogP contribution in [0.4, 0.5) is 0 Å². The van der Waals surface area contributed by atoms with Crippen LogP contribution < -0.4 is 10.3 Å². The largest absolute Gasteiger partial charge is 0.308 e. The first-order valence-corrected chi connectivity index (χ1v) is 9.01. The topological polar surface area (TPSA) is 63.5 Å². The van der Waals surface area contributed by atoms with E-state index in [1.165, 1.54) is 22.3 Å². The number of hydrazone groups is 1. The van der Waals surface area contributed by atoms with E-state index in [2.05, 4.69) is 31.3 Å². The van der Waals surface area contributed by atoms with Crippen molar-refractivity contribution < 1.29 is 4.79 Å². The standard InChI is InChI=1S/C17H25N3O2S/c1-10-11(2)23-15(22)20(10)9-14(21)19-18-13-8-12-6-7-17(13,5)16(12,3)4/h12H,6-9H2,1-5H3,(H,19,21)/b18-13-. The Morgan fingerprint density at radius 1 is 1.39 bits per heavy atom. The Morgan fingerprint density at radius 2 is 2.09 bits per heavy atom. The Labute approximate surface area is 140 Å². The zero-order valence-corrected chi connectivity index (χ0v) is 15.3. The second-order valence-corrected chi connectivity index (χ2v) is 8.85. The molecule has 23 heavy (non-hydrogen) atoms. The van der Waals surface area contributed by atoms with Gasteiger partial charge in [-0.25, -0.2) is 5.43 Å². The maximum absolute atomic E-state index is 12.2. The van der Waals surface area contributed by atoms with Gasteiger partial charge in [-0.1, -0.05) is 32.1 Å². The van der Waals surface area contributed by atoms with Crippen molar-refractivity contribution in [3.63, 3.8) is 0 Å². The molecule has 0 aliphatic heterocycles. The lowest BCUT2D eigenvalue weighted by atomic mass is 9.70. The van der Waals surface area contributed by atoms with Gasteiger partial charge >= 0.3 is 4.87 Å². The first-order valence-electron chi connectivity index (χ1n) is 8.19. The van der Waals surface area contributed by atoms with E-state index >= 15 is 0 Å². The molecule has 0 spiro atoms. The zero-order chi connectivity index (χ0) is 17.0. The molecule has 5 nitrogen and oxygen atoms in total.